The molecule has 3 nitrogen and oxygen atoms in total. The van der Waals surface area contributed by atoms with Crippen LogP contribution in [0.15, 0.2) is 16.6 Å². The molecule has 0 heterocycles. The molecule has 0 spiro atoms. The molecule has 0 aromatic heterocycles. The number of rotatable bonds is 6. The summed E-state index contributed by atoms with van der Waals surface area (Å²) in [5.41, 5.74) is 1.21. The Morgan fingerprint density at radius 1 is 1.37 bits per heavy atom. The summed E-state index contributed by atoms with van der Waals surface area (Å²) >= 11 is 3.58. The van der Waals surface area contributed by atoms with E-state index >= 15 is 0 Å². The van der Waals surface area contributed by atoms with Crippen molar-refractivity contribution in [2.45, 2.75) is 26.3 Å². The fourth-order valence-corrected chi connectivity index (χ4v) is 3.37. The molecule has 1 N–H and O–H groups in total. The van der Waals surface area contributed by atoms with Crippen LogP contribution in [-0.4, -0.2) is 20.8 Å². The first-order chi connectivity index (χ1) is 9.13. The van der Waals surface area contributed by atoms with Gasteiger partial charge in [0.1, 0.15) is 16.0 Å². The zero-order chi connectivity index (χ0) is 14.0. The van der Waals surface area contributed by atoms with E-state index in [4.69, 9.17) is 9.47 Å². The van der Waals surface area contributed by atoms with E-state index < -0.39 is 0 Å². The Bertz CT molecular complexity index is 450. The first kappa shape index (κ1) is 14.7. The highest BCUT2D eigenvalue weighted by Crippen LogP contribution is 2.50. The van der Waals surface area contributed by atoms with Crippen LogP contribution >= 0.6 is 15.9 Å². The molecule has 4 heteroatoms. The maximum Gasteiger partial charge on any atom is 0.141 e. The summed E-state index contributed by atoms with van der Waals surface area (Å²) in [5, 5.41) is 3.59. The Kier molecular flexibility index (Phi) is 4.74. The molecule has 19 heavy (non-hydrogen) atoms. The topological polar surface area (TPSA) is 30.5 Å². The first-order valence-corrected chi connectivity index (χ1v) is 7.57. The zero-order valence-electron chi connectivity index (χ0n) is 12.0. The molecule has 3 atom stereocenters. The van der Waals surface area contributed by atoms with Gasteiger partial charge in [-0.1, -0.05) is 13.8 Å². The van der Waals surface area contributed by atoms with Gasteiger partial charge in [0, 0.05) is 11.6 Å². The second kappa shape index (κ2) is 6.14. The Morgan fingerprint density at radius 3 is 2.53 bits per heavy atom. The van der Waals surface area contributed by atoms with E-state index in [2.05, 4.69) is 41.2 Å². The first-order valence-electron chi connectivity index (χ1n) is 6.77. The monoisotopic (exact) mass is 327 g/mol. The van der Waals surface area contributed by atoms with Crippen LogP contribution in [0.3, 0.4) is 0 Å². The number of hydrogen-bond acceptors (Lipinski definition) is 3. The van der Waals surface area contributed by atoms with Gasteiger partial charge in [0.15, 0.2) is 0 Å². The van der Waals surface area contributed by atoms with E-state index in [0.29, 0.717) is 12.0 Å². The van der Waals surface area contributed by atoms with Crippen molar-refractivity contribution in [1.29, 1.82) is 0 Å². The standard InChI is InChI=1S/C15H22BrNO2/c1-5-17-14(11-8-9(11)2)10-6-7-12(18-3)13(16)15(10)19-4/h6-7,9,11,14,17H,5,8H2,1-4H3. The molecule has 0 aliphatic heterocycles. The fraction of sp³-hybridized carbons (Fsp3) is 0.600. The van der Waals surface area contributed by atoms with Crippen LogP contribution in [-0.2, 0) is 0 Å². The Morgan fingerprint density at radius 2 is 2.05 bits per heavy atom. The van der Waals surface area contributed by atoms with Crippen molar-refractivity contribution in [1.82, 2.24) is 5.32 Å². The highest BCUT2D eigenvalue weighted by atomic mass is 79.9. The fourth-order valence-electron chi connectivity index (χ4n) is 2.69. The largest absolute Gasteiger partial charge is 0.495 e. The molecule has 0 bridgehead atoms. The predicted molar refractivity (Wildman–Crippen MR) is 80.9 cm³/mol. The number of benzene rings is 1. The van der Waals surface area contributed by atoms with Crippen molar-refractivity contribution in [3.8, 4) is 11.5 Å². The van der Waals surface area contributed by atoms with Crippen molar-refractivity contribution in [2.24, 2.45) is 11.8 Å². The molecule has 1 aliphatic rings. The molecule has 1 aliphatic carbocycles. The van der Waals surface area contributed by atoms with Crippen LogP contribution in [0.2, 0.25) is 0 Å². The lowest BCUT2D eigenvalue weighted by molar-refractivity contribution is 0.373. The summed E-state index contributed by atoms with van der Waals surface area (Å²) in [5.74, 6) is 3.17. The molecule has 0 radical (unpaired) electrons. The Labute approximate surface area is 123 Å². The number of halogens is 1. The van der Waals surface area contributed by atoms with Gasteiger partial charge >= 0.3 is 0 Å². The Balaban J connectivity index is 2.38. The normalized spacial score (nSPS) is 23.0. The van der Waals surface area contributed by atoms with Crippen LogP contribution in [0, 0.1) is 11.8 Å². The van der Waals surface area contributed by atoms with Crippen LogP contribution in [0.4, 0.5) is 0 Å². The van der Waals surface area contributed by atoms with E-state index in [1.807, 2.05) is 6.07 Å². The van der Waals surface area contributed by atoms with E-state index in [1.165, 1.54) is 12.0 Å². The lowest BCUT2D eigenvalue weighted by atomic mass is 9.99. The SMILES string of the molecule is CCNC(c1ccc(OC)c(Br)c1OC)C1CC1C. The number of hydrogen-bond donors (Lipinski definition) is 1. The average Bonchev–Trinajstić information content (AvgIpc) is 3.12. The Hall–Kier alpha value is -0.740. The van der Waals surface area contributed by atoms with Gasteiger partial charge in [0.05, 0.1) is 14.2 Å². The lowest BCUT2D eigenvalue weighted by Gasteiger charge is -2.22. The molecule has 1 fully saturated rings. The lowest BCUT2D eigenvalue weighted by Crippen LogP contribution is -2.24. The summed E-state index contributed by atoms with van der Waals surface area (Å²) < 4.78 is 11.8. The number of nitrogens with one attached hydrogen (secondary N) is 1. The molecule has 106 valence electrons. The second-order valence-corrected chi connectivity index (χ2v) is 5.91. The zero-order valence-corrected chi connectivity index (χ0v) is 13.6. The van der Waals surface area contributed by atoms with E-state index in [1.54, 1.807) is 14.2 Å². The second-order valence-electron chi connectivity index (χ2n) is 5.12. The quantitative estimate of drug-likeness (QED) is 0.862. The van der Waals surface area contributed by atoms with E-state index in [0.717, 1.165) is 28.4 Å². The summed E-state index contributed by atoms with van der Waals surface area (Å²) in [6.45, 7) is 5.41. The molecule has 0 saturated heterocycles. The third-order valence-electron chi connectivity index (χ3n) is 3.88. The smallest absolute Gasteiger partial charge is 0.141 e. The highest BCUT2D eigenvalue weighted by Gasteiger charge is 2.41. The van der Waals surface area contributed by atoms with E-state index in [9.17, 15) is 0 Å². The number of ether oxygens (including phenoxy) is 2. The third-order valence-corrected chi connectivity index (χ3v) is 4.63. The summed E-state index contributed by atoms with van der Waals surface area (Å²) in [6.07, 6.45) is 1.28. The molecule has 1 aromatic rings. The van der Waals surface area contributed by atoms with Crippen LogP contribution in [0.1, 0.15) is 31.9 Å². The molecule has 1 aromatic carbocycles. The summed E-state index contributed by atoms with van der Waals surface area (Å²) in [6, 6.07) is 4.47. The molecule has 2 rings (SSSR count). The molecular formula is C15H22BrNO2. The average molecular weight is 328 g/mol. The van der Waals surface area contributed by atoms with E-state index in [-0.39, 0.29) is 0 Å². The van der Waals surface area contributed by atoms with Crippen molar-refractivity contribution in [3.05, 3.63) is 22.2 Å². The van der Waals surface area contributed by atoms with Crippen molar-refractivity contribution >= 4 is 15.9 Å². The van der Waals surface area contributed by atoms with Gasteiger partial charge < -0.3 is 14.8 Å². The van der Waals surface area contributed by atoms with Gasteiger partial charge in [-0.25, -0.2) is 0 Å². The van der Waals surface area contributed by atoms with Crippen LogP contribution in [0.25, 0.3) is 0 Å². The minimum absolute atomic E-state index is 0.358. The maximum atomic E-state index is 5.59. The van der Waals surface area contributed by atoms with Gasteiger partial charge in [-0.3, -0.25) is 0 Å². The van der Waals surface area contributed by atoms with Gasteiger partial charge in [-0.15, -0.1) is 0 Å². The third kappa shape index (κ3) is 2.90. The summed E-state index contributed by atoms with van der Waals surface area (Å²) in [7, 11) is 3.38. The van der Waals surface area contributed by atoms with Crippen molar-refractivity contribution in [2.75, 3.05) is 20.8 Å². The maximum absolute atomic E-state index is 5.59. The van der Waals surface area contributed by atoms with Gasteiger partial charge in [-0.2, -0.15) is 0 Å². The van der Waals surface area contributed by atoms with Gasteiger partial charge in [0.2, 0.25) is 0 Å². The molecule has 3 unspecified atom stereocenters. The molecule has 0 amide bonds. The van der Waals surface area contributed by atoms with Crippen LogP contribution in [0.5, 0.6) is 11.5 Å². The van der Waals surface area contributed by atoms with Gasteiger partial charge in [-0.05, 0) is 52.9 Å². The minimum Gasteiger partial charge on any atom is -0.495 e. The number of methoxy groups -OCH3 is 2. The van der Waals surface area contributed by atoms with Crippen molar-refractivity contribution < 1.29 is 9.47 Å². The predicted octanol–water partition coefficient (Wildman–Crippen LogP) is 3.77. The highest BCUT2D eigenvalue weighted by molar-refractivity contribution is 9.10. The minimum atomic E-state index is 0.358. The van der Waals surface area contributed by atoms with Crippen LogP contribution < -0.4 is 14.8 Å². The molecular weight excluding hydrogens is 306 g/mol. The summed E-state index contributed by atoms with van der Waals surface area (Å²) in [4.78, 5) is 0. The van der Waals surface area contributed by atoms with Gasteiger partial charge in [0.25, 0.3) is 0 Å². The van der Waals surface area contributed by atoms with Crippen molar-refractivity contribution in [3.63, 3.8) is 0 Å². The molecule has 1 saturated carbocycles.